The summed E-state index contributed by atoms with van der Waals surface area (Å²) >= 11 is 0. The van der Waals surface area contributed by atoms with Gasteiger partial charge in [-0.2, -0.15) is 0 Å². The van der Waals surface area contributed by atoms with Crippen LogP contribution in [0.25, 0.3) is 0 Å². The summed E-state index contributed by atoms with van der Waals surface area (Å²) in [6, 6.07) is 5.90. The van der Waals surface area contributed by atoms with Crippen LogP contribution in [0.2, 0.25) is 0 Å². The molecule has 0 radical (unpaired) electrons. The number of hydrogen-bond acceptors (Lipinski definition) is 3. The van der Waals surface area contributed by atoms with Gasteiger partial charge in [-0.15, -0.1) is 0 Å². The second kappa shape index (κ2) is 5.73. The van der Waals surface area contributed by atoms with Crippen LogP contribution in [0.15, 0.2) is 18.2 Å². The zero-order valence-electron chi connectivity index (χ0n) is 9.49. The fourth-order valence-corrected chi connectivity index (χ4v) is 1.56. The van der Waals surface area contributed by atoms with E-state index in [9.17, 15) is 5.11 Å². The highest BCUT2D eigenvalue weighted by Crippen LogP contribution is 2.18. The predicted molar refractivity (Wildman–Crippen MR) is 59.1 cm³/mol. The van der Waals surface area contributed by atoms with Gasteiger partial charge in [0.05, 0.1) is 19.8 Å². The lowest BCUT2D eigenvalue weighted by molar-refractivity contribution is 0.183. The third kappa shape index (κ3) is 3.90. The fraction of sp³-hybridized carbons (Fsp3) is 0.500. The van der Waals surface area contributed by atoms with E-state index in [2.05, 4.69) is 0 Å². The Kier molecular flexibility index (Phi) is 4.59. The van der Waals surface area contributed by atoms with Crippen molar-refractivity contribution in [3.8, 4) is 5.75 Å². The molecule has 0 aliphatic rings. The minimum atomic E-state index is -0.340. The Hall–Kier alpha value is -1.06. The van der Waals surface area contributed by atoms with Crippen LogP contribution in [0.3, 0.4) is 0 Å². The average molecular weight is 210 g/mol. The fourth-order valence-electron chi connectivity index (χ4n) is 1.56. The minimum absolute atomic E-state index is 0.340. The predicted octanol–water partition coefficient (Wildman–Crippen LogP) is 1.76. The number of methoxy groups -OCH3 is 2. The maximum absolute atomic E-state index is 9.32. The van der Waals surface area contributed by atoms with Crippen LogP contribution in [-0.4, -0.2) is 25.4 Å². The topological polar surface area (TPSA) is 38.7 Å². The summed E-state index contributed by atoms with van der Waals surface area (Å²) in [5, 5.41) is 9.32. The number of benzene rings is 1. The van der Waals surface area contributed by atoms with Crippen molar-refractivity contribution in [2.75, 3.05) is 14.2 Å². The molecule has 1 unspecified atom stereocenters. The molecule has 0 saturated carbocycles. The molecule has 1 rings (SSSR count). The van der Waals surface area contributed by atoms with Crippen LogP contribution in [0.1, 0.15) is 18.1 Å². The molecule has 0 aliphatic carbocycles. The molecule has 0 aromatic heterocycles. The lowest BCUT2D eigenvalue weighted by Crippen LogP contribution is -2.05. The van der Waals surface area contributed by atoms with Crippen molar-refractivity contribution in [1.29, 1.82) is 0 Å². The monoisotopic (exact) mass is 210 g/mol. The van der Waals surface area contributed by atoms with Crippen LogP contribution >= 0.6 is 0 Å². The van der Waals surface area contributed by atoms with Gasteiger partial charge >= 0.3 is 0 Å². The van der Waals surface area contributed by atoms with Gasteiger partial charge in [0.15, 0.2) is 0 Å². The van der Waals surface area contributed by atoms with Crippen molar-refractivity contribution in [1.82, 2.24) is 0 Å². The molecular formula is C12H18O3. The molecule has 84 valence electrons. The standard InChI is InChI=1S/C12H18O3/c1-9(13)4-10-5-11(8-14-2)7-12(6-10)15-3/h5-7,9,13H,4,8H2,1-3H3. The van der Waals surface area contributed by atoms with E-state index in [1.807, 2.05) is 18.2 Å². The van der Waals surface area contributed by atoms with Gasteiger partial charge < -0.3 is 14.6 Å². The molecular weight excluding hydrogens is 192 g/mol. The molecule has 0 spiro atoms. The zero-order valence-corrected chi connectivity index (χ0v) is 9.49. The molecule has 0 amide bonds. The van der Waals surface area contributed by atoms with Crippen molar-refractivity contribution >= 4 is 0 Å². The lowest BCUT2D eigenvalue weighted by Gasteiger charge is -2.10. The number of aliphatic hydroxyl groups excluding tert-OH is 1. The Morgan fingerprint density at radius 3 is 2.40 bits per heavy atom. The Morgan fingerprint density at radius 2 is 1.87 bits per heavy atom. The highest BCUT2D eigenvalue weighted by molar-refractivity contribution is 5.34. The number of aliphatic hydroxyl groups is 1. The van der Waals surface area contributed by atoms with Gasteiger partial charge in [0.25, 0.3) is 0 Å². The third-order valence-electron chi connectivity index (χ3n) is 2.10. The van der Waals surface area contributed by atoms with Gasteiger partial charge in [-0.3, -0.25) is 0 Å². The van der Waals surface area contributed by atoms with E-state index in [1.165, 1.54) is 0 Å². The Bertz CT molecular complexity index is 308. The molecule has 0 heterocycles. The first kappa shape index (κ1) is 12.0. The lowest BCUT2D eigenvalue weighted by atomic mass is 10.1. The second-order valence-electron chi connectivity index (χ2n) is 3.68. The molecule has 15 heavy (non-hydrogen) atoms. The Morgan fingerprint density at radius 1 is 1.20 bits per heavy atom. The molecule has 0 bridgehead atoms. The van der Waals surface area contributed by atoms with Gasteiger partial charge in [0.2, 0.25) is 0 Å². The van der Waals surface area contributed by atoms with Crippen LogP contribution in [-0.2, 0) is 17.8 Å². The smallest absolute Gasteiger partial charge is 0.119 e. The molecule has 1 aromatic carbocycles. The summed E-state index contributed by atoms with van der Waals surface area (Å²) in [5.74, 6) is 0.806. The van der Waals surface area contributed by atoms with Gasteiger partial charge in [-0.1, -0.05) is 6.07 Å². The summed E-state index contributed by atoms with van der Waals surface area (Å²) in [5.41, 5.74) is 2.13. The summed E-state index contributed by atoms with van der Waals surface area (Å²) in [6.07, 6.45) is 0.293. The molecule has 1 N–H and O–H groups in total. The molecule has 3 heteroatoms. The van der Waals surface area contributed by atoms with E-state index in [0.29, 0.717) is 13.0 Å². The van der Waals surface area contributed by atoms with E-state index in [1.54, 1.807) is 21.1 Å². The molecule has 0 saturated heterocycles. The Balaban J connectivity index is 2.89. The van der Waals surface area contributed by atoms with Gasteiger partial charge in [-0.25, -0.2) is 0 Å². The van der Waals surface area contributed by atoms with Gasteiger partial charge in [-0.05, 0) is 36.6 Å². The van der Waals surface area contributed by atoms with Crippen molar-refractivity contribution in [3.63, 3.8) is 0 Å². The first-order valence-corrected chi connectivity index (χ1v) is 4.99. The zero-order chi connectivity index (χ0) is 11.3. The molecule has 1 atom stereocenters. The molecule has 3 nitrogen and oxygen atoms in total. The summed E-state index contributed by atoms with van der Waals surface area (Å²) in [6.45, 7) is 2.33. The van der Waals surface area contributed by atoms with Crippen molar-refractivity contribution in [2.45, 2.75) is 26.1 Å². The van der Waals surface area contributed by atoms with Crippen LogP contribution in [0, 0.1) is 0 Å². The van der Waals surface area contributed by atoms with Crippen molar-refractivity contribution < 1.29 is 14.6 Å². The van der Waals surface area contributed by atoms with Crippen molar-refractivity contribution in [2.24, 2.45) is 0 Å². The maximum atomic E-state index is 9.32. The summed E-state index contributed by atoms with van der Waals surface area (Å²) in [4.78, 5) is 0. The van der Waals surface area contributed by atoms with E-state index < -0.39 is 0 Å². The van der Waals surface area contributed by atoms with Crippen molar-refractivity contribution in [3.05, 3.63) is 29.3 Å². The number of ether oxygens (including phenoxy) is 2. The third-order valence-corrected chi connectivity index (χ3v) is 2.10. The maximum Gasteiger partial charge on any atom is 0.119 e. The summed E-state index contributed by atoms with van der Waals surface area (Å²) < 4.78 is 10.3. The highest BCUT2D eigenvalue weighted by atomic mass is 16.5. The van der Waals surface area contributed by atoms with E-state index in [4.69, 9.17) is 9.47 Å². The second-order valence-corrected chi connectivity index (χ2v) is 3.68. The summed E-state index contributed by atoms with van der Waals surface area (Å²) in [7, 11) is 3.30. The number of rotatable bonds is 5. The molecule has 0 aliphatic heterocycles. The first-order chi connectivity index (χ1) is 7.15. The molecule has 0 fully saturated rings. The highest BCUT2D eigenvalue weighted by Gasteiger charge is 2.04. The van der Waals surface area contributed by atoms with Crippen LogP contribution < -0.4 is 4.74 Å². The average Bonchev–Trinajstić information content (AvgIpc) is 2.16. The first-order valence-electron chi connectivity index (χ1n) is 4.99. The largest absolute Gasteiger partial charge is 0.497 e. The number of hydrogen-bond donors (Lipinski definition) is 1. The normalized spacial score (nSPS) is 12.5. The van der Waals surface area contributed by atoms with E-state index in [-0.39, 0.29) is 6.10 Å². The minimum Gasteiger partial charge on any atom is -0.497 e. The SMILES string of the molecule is COCc1cc(CC(C)O)cc(OC)c1. The quantitative estimate of drug-likeness (QED) is 0.805. The van der Waals surface area contributed by atoms with Gasteiger partial charge in [0, 0.05) is 7.11 Å². The Labute approximate surface area is 90.6 Å². The van der Waals surface area contributed by atoms with Gasteiger partial charge in [0.1, 0.15) is 5.75 Å². The van der Waals surface area contributed by atoms with Crippen LogP contribution in [0.4, 0.5) is 0 Å². The van der Waals surface area contributed by atoms with E-state index >= 15 is 0 Å². The molecule has 1 aromatic rings. The van der Waals surface area contributed by atoms with E-state index in [0.717, 1.165) is 16.9 Å². The van der Waals surface area contributed by atoms with Crippen LogP contribution in [0.5, 0.6) is 5.75 Å².